The predicted molar refractivity (Wildman–Crippen MR) is 139 cm³/mol. The van der Waals surface area contributed by atoms with Crippen LogP contribution in [0.5, 0.6) is 0 Å². The summed E-state index contributed by atoms with van der Waals surface area (Å²) in [5.74, 6) is -0.448. The van der Waals surface area contributed by atoms with Crippen LogP contribution in [0.1, 0.15) is 12.5 Å². The Morgan fingerprint density at radius 2 is 1.29 bits per heavy atom. The maximum atomic E-state index is 12.1. The summed E-state index contributed by atoms with van der Waals surface area (Å²) in [6, 6.07) is 10.2. The zero-order valence-electron chi connectivity index (χ0n) is 21.1. The maximum absolute atomic E-state index is 12.1. The van der Waals surface area contributed by atoms with Crippen molar-refractivity contribution in [3.8, 4) is 0 Å². The molecule has 0 bridgehead atoms. The normalized spacial score (nSPS) is 15.3. The summed E-state index contributed by atoms with van der Waals surface area (Å²) < 4.78 is 26.6. The molecule has 1 aromatic carbocycles. The molecule has 0 aliphatic rings. The van der Waals surface area contributed by atoms with Crippen molar-refractivity contribution in [2.24, 2.45) is 0 Å². The molecule has 0 saturated carbocycles. The number of esters is 1. The number of carbonyl (C=O) groups excluding carboxylic acids is 1. The monoisotopic (exact) mass is 498 g/mol. The van der Waals surface area contributed by atoms with Gasteiger partial charge in [-0.3, -0.25) is 0 Å². The first-order valence-corrected chi connectivity index (χ1v) is 22.8. The van der Waals surface area contributed by atoms with Gasteiger partial charge in [0.1, 0.15) is 6.61 Å². The molecule has 0 fully saturated rings. The highest BCUT2D eigenvalue weighted by Gasteiger charge is 2.63. The highest BCUT2D eigenvalue weighted by Crippen LogP contribution is 2.47. The van der Waals surface area contributed by atoms with Crippen molar-refractivity contribution in [3.05, 3.63) is 48.6 Å². The molecular weight excluding hydrogens is 457 g/mol. The summed E-state index contributed by atoms with van der Waals surface area (Å²) in [6.45, 7) is 25.3. The van der Waals surface area contributed by atoms with Crippen molar-refractivity contribution < 1.29 is 21.9 Å². The second-order valence-electron chi connectivity index (χ2n) is 11.2. The third-order valence-electron chi connectivity index (χ3n) is 4.20. The van der Waals surface area contributed by atoms with Crippen LogP contribution in [-0.2, 0) is 28.3 Å². The molecule has 1 atom stereocenters. The molecule has 0 heterocycles. The fraction of sp³-hybridized carbons (Fsp3) is 0.591. The maximum Gasteiger partial charge on any atom is 0.479 e. The van der Waals surface area contributed by atoms with Crippen LogP contribution in [0, 0.1) is 0 Å². The molecule has 0 aliphatic carbocycles. The van der Waals surface area contributed by atoms with Crippen LogP contribution in [0.2, 0.25) is 64.0 Å². The third kappa shape index (κ3) is 9.68. The van der Waals surface area contributed by atoms with Crippen molar-refractivity contribution in [3.63, 3.8) is 0 Å². The molecule has 0 aromatic heterocycles. The van der Waals surface area contributed by atoms with Crippen molar-refractivity contribution in [2.45, 2.75) is 77.3 Å². The van der Waals surface area contributed by atoms with E-state index in [1.165, 1.54) is 6.08 Å². The lowest BCUT2D eigenvalue weighted by molar-refractivity contribution is -0.139. The first-order chi connectivity index (χ1) is 13.9. The molecule has 0 aliphatic heterocycles. The van der Waals surface area contributed by atoms with E-state index in [1.54, 1.807) is 0 Å². The van der Waals surface area contributed by atoms with Crippen LogP contribution in [-0.4, -0.2) is 46.3 Å². The van der Waals surface area contributed by atoms with Crippen LogP contribution in [0.3, 0.4) is 0 Å². The fourth-order valence-corrected chi connectivity index (χ4v) is 18.2. The van der Waals surface area contributed by atoms with Gasteiger partial charge in [0.2, 0.25) is 0 Å². The van der Waals surface area contributed by atoms with E-state index in [-0.39, 0.29) is 6.61 Å². The molecule has 1 unspecified atom stereocenters. The quantitative estimate of drug-likeness (QED) is 0.195. The van der Waals surface area contributed by atoms with Gasteiger partial charge in [-0.05, 0) is 70.9 Å². The van der Waals surface area contributed by atoms with Gasteiger partial charge in [0.25, 0.3) is 0 Å². The SMILES string of the molecule is C=CC(=O)OCC(C)(Cc1ccccc1)[Si](O[Si](C)(C)C)(O[Si](C)(C)C)O[Si](C)(C)C. The van der Waals surface area contributed by atoms with Crippen LogP contribution in [0.25, 0.3) is 0 Å². The van der Waals surface area contributed by atoms with Crippen molar-refractivity contribution in [1.29, 1.82) is 0 Å². The molecule has 0 amide bonds. The lowest BCUT2D eigenvalue weighted by Crippen LogP contribution is -2.67. The Morgan fingerprint density at radius 3 is 1.65 bits per heavy atom. The largest absolute Gasteiger partial charge is 0.479 e. The number of benzene rings is 1. The zero-order valence-corrected chi connectivity index (χ0v) is 25.1. The minimum absolute atomic E-state index is 0.151. The van der Waals surface area contributed by atoms with Crippen molar-refractivity contribution >= 4 is 39.7 Å². The van der Waals surface area contributed by atoms with E-state index >= 15 is 0 Å². The molecule has 1 rings (SSSR count). The van der Waals surface area contributed by atoms with Gasteiger partial charge in [-0.25, -0.2) is 4.79 Å². The molecule has 1 aromatic rings. The van der Waals surface area contributed by atoms with Gasteiger partial charge in [0.05, 0.1) is 5.04 Å². The minimum atomic E-state index is -3.34. The van der Waals surface area contributed by atoms with E-state index in [0.29, 0.717) is 6.42 Å². The van der Waals surface area contributed by atoms with Gasteiger partial charge in [-0.1, -0.05) is 43.8 Å². The van der Waals surface area contributed by atoms with Gasteiger partial charge >= 0.3 is 14.8 Å². The molecule has 31 heavy (non-hydrogen) atoms. The van der Waals surface area contributed by atoms with Gasteiger partial charge in [0, 0.05) is 6.08 Å². The first-order valence-electron chi connectivity index (χ1n) is 10.8. The van der Waals surface area contributed by atoms with E-state index < -0.39 is 44.8 Å². The summed E-state index contributed by atoms with van der Waals surface area (Å²) >= 11 is 0. The average molecular weight is 499 g/mol. The second kappa shape index (κ2) is 10.4. The fourth-order valence-electron chi connectivity index (χ4n) is 3.22. The Bertz CT molecular complexity index is 694. The summed E-state index contributed by atoms with van der Waals surface area (Å²) in [6.07, 6.45) is 1.83. The number of carbonyl (C=O) groups is 1. The van der Waals surface area contributed by atoms with Gasteiger partial charge in [-0.2, -0.15) is 0 Å². The molecule has 0 radical (unpaired) electrons. The number of ether oxygens (including phenoxy) is 1. The molecule has 0 N–H and O–H groups in total. The minimum Gasteiger partial charge on any atom is -0.462 e. The van der Waals surface area contributed by atoms with Gasteiger partial charge in [0.15, 0.2) is 25.0 Å². The molecule has 0 saturated heterocycles. The second-order valence-corrected chi connectivity index (χ2v) is 28.7. The van der Waals surface area contributed by atoms with Gasteiger partial charge in [-0.15, -0.1) is 0 Å². The lowest BCUT2D eigenvalue weighted by atomic mass is 10.0. The van der Waals surface area contributed by atoms with Crippen LogP contribution in [0.4, 0.5) is 0 Å². The highest BCUT2D eigenvalue weighted by atomic mass is 28.5. The Kier molecular flexibility index (Phi) is 9.47. The van der Waals surface area contributed by atoms with Crippen LogP contribution < -0.4 is 0 Å². The Morgan fingerprint density at radius 1 is 0.871 bits per heavy atom. The lowest BCUT2D eigenvalue weighted by Gasteiger charge is -2.51. The summed E-state index contributed by atoms with van der Waals surface area (Å²) in [4.78, 5) is 12.1. The summed E-state index contributed by atoms with van der Waals surface area (Å²) in [5, 5.41) is -0.645. The standard InChI is InChI=1S/C22H42O5Si4/c1-12-21(23)24-19-22(2,18-20-16-14-13-15-17-20)31(25-28(3,4)5,26-29(6,7)8)27-30(9,10)11/h12-17H,1,18-19H2,2-11H3. The van der Waals surface area contributed by atoms with E-state index in [2.05, 4.69) is 84.6 Å². The predicted octanol–water partition coefficient (Wildman–Crippen LogP) is 6.21. The Hall–Kier alpha value is -0.822. The first kappa shape index (κ1) is 28.2. The molecule has 5 nitrogen and oxygen atoms in total. The van der Waals surface area contributed by atoms with Crippen molar-refractivity contribution in [2.75, 3.05) is 6.61 Å². The van der Waals surface area contributed by atoms with Crippen molar-refractivity contribution in [1.82, 2.24) is 0 Å². The van der Waals surface area contributed by atoms with E-state index in [0.717, 1.165) is 5.56 Å². The molecule has 9 heteroatoms. The smallest absolute Gasteiger partial charge is 0.462 e. The molecular formula is C22H42O5Si4. The van der Waals surface area contributed by atoms with E-state index in [4.69, 9.17) is 17.1 Å². The van der Waals surface area contributed by atoms with Crippen LogP contribution >= 0.6 is 0 Å². The number of hydrogen-bond donors (Lipinski definition) is 0. The van der Waals surface area contributed by atoms with Gasteiger partial charge < -0.3 is 17.1 Å². The summed E-state index contributed by atoms with van der Waals surface area (Å²) in [7, 11) is -9.61. The topological polar surface area (TPSA) is 54.0 Å². The number of rotatable bonds is 12. The Labute approximate surface area is 193 Å². The van der Waals surface area contributed by atoms with E-state index in [9.17, 15) is 4.79 Å². The number of hydrogen-bond acceptors (Lipinski definition) is 5. The molecule has 176 valence electrons. The molecule has 0 spiro atoms. The zero-order chi connectivity index (χ0) is 24.1. The highest BCUT2D eigenvalue weighted by molar-refractivity contribution is 6.91. The van der Waals surface area contributed by atoms with Crippen LogP contribution in [0.15, 0.2) is 43.0 Å². The average Bonchev–Trinajstić information content (AvgIpc) is 2.55. The Balaban J connectivity index is 3.71. The van der Waals surface area contributed by atoms with E-state index in [1.807, 2.05) is 18.2 Å². The third-order valence-corrected chi connectivity index (χ3v) is 16.6. The summed E-state index contributed by atoms with van der Waals surface area (Å²) in [5.41, 5.74) is 1.13.